The number of carbonyl (C=O) groups excluding carboxylic acids is 1. The molecule has 1 fully saturated rings. The lowest BCUT2D eigenvalue weighted by molar-refractivity contribution is -0.148. The highest BCUT2D eigenvalue weighted by Gasteiger charge is 2.30. The van der Waals surface area contributed by atoms with E-state index in [4.69, 9.17) is 9.72 Å². The highest BCUT2D eigenvalue weighted by atomic mass is 16.5. The predicted octanol–water partition coefficient (Wildman–Crippen LogP) is 2.50. The van der Waals surface area contributed by atoms with Crippen molar-refractivity contribution >= 4 is 22.8 Å². The Morgan fingerprint density at radius 1 is 1.28 bits per heavy atom. The molecule has 0 spiro atoms. The van der Waals surface area contributed by atoms with Gasteiger partial charge in [0.1, 0.15) is 16.9 Å². The second kappa shape index (κ2) is 7.37. The van der Waals surface area contributed by atoms with Gasteiger partial charge in [-0.15, -0.1) is 0 Å². The first kappa shape index (κ1) is 17.6. The van der Waals surface area contributed by atoms with Gasteiger partial charge in [0.25, 0.3) is 0 Å². The Labute approximate surface area is 148 Å². The number of fused-ring (bicyclic) bond motifs is 1. The van der Waals surface area contributed by atoms with Gasteiger partial charge in [-0.25, -0.2) is 9.97 Å². The van der Waals surface area contributed by atoms with E-state index in [9.17, 15) is 4.79 Å². The summed E-state index contributed by atoms with van der Waals surface area (Å²) >= 11 is 0. The Hall–Kier alpha value is -2.18. The van der Waals surface area contributed by atoms with Crippen molar-refractivity contribution in [3.63, 3.8) is 0 Å². The van der Waals surface area contributed by atoms with E-state index in [0.717, 1.165) is 60.7 Å². The van der Waals surface area contributed by atoms with Gasteiger partial charge in [-0.1, -0.05) is 6.92 Å². The number of nitrogens with zero attached hydrogens (tertiary/aromatic N) is 5. The van der Waals surface area contributed by atoms with E-state index < -0.39 is 0 Å². The number of esters is 1. The van der Waals surface area contributed by atoms with Crippen molar-refractivity contribution in [2.75, 3.05) is 24.6 Å². The van der Waals surface area contributed by atoms with Crippen molar-refractivity contribution in [1.82, 2.24) is 19.7 Å². The minimum atomic E-state index is -0.103. The van der Waals surface area contributed by atoms with E-state index in [0.29, 0.717) is 13.2 Å². The fraction of sp³-hybridized carbons (Fsp3) is 0.667. The van der Waals surface area contributed by atoms with Crippen LogP contribution in [0.1, 0.15) is 45.1 Å². The summed E-state index contributed by atoms with van der Waals surface area (Å²) in [5.41, 5.74) is 2.82. The van der Waals surface area contributed by atoms with Crippen molar-refractivity contribution in [2.24, 2.45) is 5.92 Å². The van der Waals surface area contributed by atoms with Crippen LogP contribution in [0.25, 0.3) is 11.0 Å². The van der Waals surface area contributed by atoms with Crippen LogP contribution >= 0.6 is 0 Å². The van der Waals surface area contributed by atoms with Crippen molar-refractivity contribution in [3.05, 3.63) is 11.5 Å². The third-order valence-corrected chi connectivity index (χ3v) is 4.74. The monoisotopic (exact) mass is 345 g/mol. The quantitative estimate of drug-likeness (QED) is 0.775. The Morgan fingerprint density at radius 2 is 2.08 bits per heavy atom. The highest BCUT2D eigenvalue weighted by molar-refractivity contribution is 5.88. The number of hydrogen-bond donors (Lipinski definition) is 0. The molecule has 0 aromatic carbocycles. The number of rotatable bonds is 5. The van der Waals surface area contributed by atoms with Crippen LogP contribution in [0, 0.1) is 12.8 Å². The summed E-state index contributed by atoms with van der Waals surface area (Å²) in [6, 6.07) is 0. The molecule has 136 valence electrons. The smallest absolute Gasteiger partial charge is 0.310 e. The van der Waals surface area contributed by atoms with Crippen molar-refractivity contribution in [1.29, 1.82) is 0 Å². The van der Waals surface area contributed by atoms with Gasteiger partial charge in [-0.2, -0.15) is 5.10 Å². The molecule has 25 heavy (non-hydrogen) atoms. The molecular weight excluding hydrogens is 318 g/mol. The van der Waals surface area contributed by atoms with Gasteiger partial charge in [0.05, 0.1) is 18.2 Å². The minimum absolute atomic E-state index is 0.0945. The van der Waals surface area contributed by atoms with Gasteiger partial charge < -0.3 is 9.64 Å². The molecule has 0 bridgehead atoms. The Morgan fingerprint density at radius 3 is 2.76 bits per heavy atom. The highest BCUT2D eigenvalue weighted by Crippen LogP contribution is 2.30. The maximum atomic E-state index is 12.2. The number of aromatic nitrogens is 4. The molecule has 0 radical (unpaired) electrons. The third-order valence-electron chi connectivity index (χ3n) is 4.74. The first-order chi connectivity index (χ1) is 12.1. The molecule has 2 aromatic heterocycles. The molecule has 0 unspecified atom stereocenters. The second-order valence-corrected chi connectivity index (χ2v) is 6.45. The van der Waals surface area contributed by atoms with Crippen LogP contribution in [0.15, 0.2) is 0 Å². The van der Waals surface area contributed by atoms with Gasteiger partial charge in [-0.3, -0.25) is 9.48 Å². The van der Waals surface area contributed by atoms with E-state index in [1.165, 1.54) is 0 Å². The normalized spacial score (nSPS) is 17.9. The van der Waals surface area contributed by atoms with Crippen LogP contribution in [0.2, 0.25) is 0 Å². The van der Waals surface area contributed by atoms with E-state index in [1.807, 2.05) is 18.5 Å². The van der Waals surface area contributed by atoms with Crippen LogP contribution in [-0.4, -0.2) is 45.4 Å². The molecule has 7 nitrogen and oxygen atoms in total. The molecule has 1 aliphatic rings. The molecule has 0 saturated carbocycles. The number of hydrogen-bond acceptors (Lipinski definition) is 6. The molecule has 2 aromatic rings. The Balaban J connectivity index is 2.03. The topological polar surface area (TPSA) is 73.1 Å². The first-order valence-corrected chi connectivity index (χ1v) is 9.24. The fourth-order valence-corrected chi connectivity index (χ4v) is 3.49. The van der Waals surface area contributed by atoms with Crippen LogP contribution < -0.4 is 4.90 Å². The average Bonchev–Trinajstić information content (AvgIpc) is 2.97. The van der Waals surface area contributed by atoms with Gasteiger partial charge in [0, 0.05) is 26.1 Å². The molecule has 3 rings (SSSR count). The molecule has 0 aliphatic carbocycles. The summed E-state index contributed by atoms with van der Waals surface area (Å²) < 4.78 is 7.20. The molecule has 3 heterocycles. The van der Waals surface area contributed by atoms with Gasteiger partial charge in [-0.05, 0) is 33.6 Å². The maximum absolute atomic E-state index is 12.2. The molecule has 7 heteroatoms. The Bertz CT molecular complexity index is 770. The first-order valence-electron chi connectivity index (χ1n) is 9.24. The molecule has 1 atom stereocenters. The SMILES string of the molecule is CCOC(=O)[C@@H]1CCCN(c2nc(CC)nc3c(C)nn(CC)c23)C1. The minimum Gasteiger partial charge on any atom is -0.466 e. The zero-order chi connectivity index (χ0) is 18.0. The number of aryl methyl sites for hydroxylation is 3. The fourth-order valence-electron chi connectivity index (χ4n) is 3.49. The number of anilines is 1. The lowest BCUT2D eigenvalue weighted by atomic mass is 9.98. The average molecular weight is 345 g/mol. The molecule has 0 N–H and O–H groups in total. The summed E-state index contributed by atoms with van der Waals surface area (Å²) in [6.45, 7) is 10.7. The summed E-state index contributed by atoms with van der Waals surface area (Å²) in [6.07, 6.45) is 2.60. The van der Waals surface area contributed by atoms with E-state index in [1.54, 1.807) is 0 Å². The van der Waals surface area contributed by atoms with Crippen LogP contribution in [0.5, 0.6) is 0 Å². The number of ether oxygens (including phenoxy) is 1. The zero-order valence-corrected chi connectivity index (χ0v) is 15.6. The molecule has 1 aliphatic heterocycles. The maximum Gasteiger partial charge on any atom is 0.310 e. The second-order valence-electron chi connectivity index (χ2n) is 6.45. The number of piperidine rings is 1. The molecule has 1 saturated heterocycles. The van der Waals surface area contributed by atoms with E-state index >= 15 is 0 Å². The third kappa shape index (κ3) is 3.32. The number of carbonyl (C=O) groups is 1. The van der Waals surface area contributed by atoms with Gasteiger partial charge in [0.15, 0.2) is 5.82 Å². The zero-order valence-electron chi connectivity index (χ0n) is 15.6. The van der Waals surface area contributed by atoms with Gasteiger partial charge >= 0.3 is 5.97 Å². The van der Waals surface area contributed by atoms with Crippen LogP contribution in [0.3, 0.4) is 0 Å². The van der Waals surface area contributed by atoms with Crippen LogP contribution in [-0.2, 0) is 22.5 Å². The summed E-state index contributed by atoms with van der Waals surface area (Å²) in [5, 5.41) is 4.62. The lowest BCUT2D eigenvalue weighted by Crippen LogP contribution is -2.40. The largest absolute Gasteiger partial charge is 0.466 e. The predicted molar refractivity (Wildman–Crippen MR) is 96.7 cm³/mol. The summed E-state index contributed by atoms with van der Waals surface area (Å²) in [4.78, 5) is 23.9. The van der Waals surface area contributed by atoms with Crippen molar-refractivity contribution in [2.45, 2.75) is 53.5 Å². The van der Waals surface area contributed by atoms with Crippen molar-refractivity contribution in [3.8, 4) is 0 Å². The lowest BCUT2D eigenvalue weighted by Gasteiger charge is -2.33. The summed E-state index contributed by atoms with van der Waals surface area (Å²) in [5.74, 6) is 1.52. The van der Waals surface area contributed by atoms with Crippen LogP contribution in [0.4, 0.5) is 5.82 Å². The van der Waals surface area contributed by atoms with Crippen molar-refractivity contribution < 1.29 is 9.53 Å². The van der Waals surface area contributed by atoms with E-state index in [2.05, 4.69) is 28.8 Å². The Kier molecular flexibility index (Phi) is 5.20. The molecular formula is C18H27N5O2. The standard InChI is InChI=1S/C18H27N5O2/c1-5-14-19-15-12(4)21-23(6-2)16(15)17(20-14)22-10-8-9-13(11-22)18(24)25-7-3/h13H,5-11H2,1-4H3/t13-/m1/s1. The van der Waals surface area contributed by atoms with E-state index in [-0.39, 0.29) is 11.9 Å². The molecule has 0 amide bonds. The summed E-state index contributed by atoms with van der Waals surface area (Å²) in [7, 11) is 0. The van der Waals surface area contributed by atoms with Gasteiger partial charge in [0.2, 0.25) is 0 Å².